The maximum atomic E-state index is 11.1. The van der Waals surface area contributed by atoms with Crippen LogP contribution in [0.4, 0.5) is 0 Å². The van der Waals surface area contributed by atoms with Crippen molar-refractivity contribution >= 4 is 5.97 Å². The van der Waals surface area contributed by atoms with Crippen LogP contribution in [-0.4, -0.2) is 40.9 Å². The van der Waals surface area contributed by atoms with Gasteiger partial charge in [0, 0.05) is 0 Å². The van der Waals surface area contributed by atoms with Crippen molar-refractivity contribution in [1.29, 1.82) is 0 Å². The highest BCUT2D eigenvalue weighted by molar-refractivity contribution is 5.74. The minimum Gasteiger partial charge on any atom is -0.480 e. The van der Waals surface area contributed by atoms with Crippen LogP contribution in [0.25, 0.3) is 0 Å². The minimum atomic E-state index is -0.809. The van der Waals surface area contributed by atoms with E-state index < -0.39 is 17.7 Å². The molecule has 82 valence electrons. The van der Waals surface area contributed by atoms with Gasteiger partial charge in [0.05, 0.1) is 6.10 Å². The quantitative estimate of drug-likeness (QED) is 0.728. The maximum absolute atomic E-state index is 11.1. The van der Waals surface area contributed by atoms with E-state index in [4.69, 9.17) is 9.84 Å². The van der Waals surface area contributed by atoms with Crippen molar-refractivity contribution < 1.29 is 14.6 Å². The Bertz CT molecular complexity index is 238. The van der Waals surface area contributed by atoms with E-state index in [1.54, 1.807) is 11.9 Å². The van der Waals surface area contributed by atoms with E-state index >= 15 is 0 Å². The molecule has 0 aromatic carbocycles. The summed E-state index contributed by atoms with van der Waals surface area (Å²) in [7, 11) is 1.79. The van der Waals surface area contributed by atoms with Gasteiger partial charge in [-0.1, -0.05) is 13.8 Å². The van der Waals surface area contributed by atoms with Crippen LogP contribution in [0.5, 0.6) is 0 Å². The molecule has 4 nitrogen and oxygen atoms in total. The minimum absolute atomic E-state index is 0.209. The first-order valence-corrected chi connectivity index (χ1v) is 4.91. The molecule has 4 heteroatoms. The average Bonchev–Trinajstić information content (AvgIpc) is 2.23. The Morgan fingerprint density at radius 1 is 1.50 bits per heavy atom. The van der Waals surface area contributed by atoms with Crippen molar-refractivity contribution in [3.63, 3.8) is 0 Å². The number of hydrogen-bond acceptors (Lipinski definition) is 3. The van der Waals surface area contributed by atoms with Gasteiger partial charge >= 0.3 is 5.97 Å². The van der Waals surface area contributed by atoms with Crippen LogP contribution in [0.2, 0.25) is 0 Å². The van der Waals surface area contributed by atoms with Crippen molar-refractivity contribution in [1.82, 2.24) is 4.90 Å². The molecule has 0 aromatic rings. The van der Waals surface area contributed by atoms with E-state index in [1.165, 1.54) is 0 Å². The van der Waals surface area contributed by atoms with Crippen LogP contribution in [0, 0.1) is 5.92 Å². The molecule has 2 atom stereocenters. The molecule has 0 radical (unpaired) electrons. The molecule has 1 saturated heterocycles. The summed E-state index contributed by atoms with van der Waals surface area (Å²) in [6, 6.07) is -0.537. The zero-order chi connectivity index (χ0) is 11.1. The molecule has 0 aliphatic carbocycles. The lowest BCUT2D eigenvalue weighted by Crippen LogP contribution is -2.46. The Balaban J connectivity index is 2.94. The van der Waals surface area contributed by atoms with E-state index in [2.05, 4.69) is 0 Å². The van der Waals surface area contributed by atoms with Crippen molar-refractivity contribution in [2.75, 3.05) is 7.05 Å². The fourth-order valence-electron chi connectivity index (χ4n) is 1.84. The summed E-state index contributed by atoms with van der Waals surface area (Å²) in [5.41, 5.74) is -0.488. The second-order valence-electron chi connectivity index (χ2n) is 4.67. The summed E-state index contributed by atoms with van der Waals surface area (Å²) >= 11 is 0. The lowest BCUT2D eigenvalue weighted by molar-refractivity contribution is -0.143. The third-order valence-corrected chi connectivity index (χ3v) is 2.91. The Morgan fingerprint density at radius 3 is 2.29 bits per heavy atom. The molecule has 1 fully saturated rings. The predicted octanol–water partition coefficient (Wildman–Crippen LogP) is 1.16. The van der Waals surface area contributed by atoms with E-state index in [-0.39, 0.29) is 12.0 Å². The first-order chi connectivity index (χ1) is 6.27. The van der Waals surface area contributed by atoms with E-state index in [1.807, 2.05) is 27.7 Å². The van der Waals surface area contributed by atoms with E-state index in [9.17, 15) is 4.79 Å². The van der Waals surface area contributed by atoms with Crippen LogP contribution < -0.4 is 0 Å². The number of likely N-dealkylation sites (N-methyl/N-ethyl adjacent to an activating group) is 1. The number of carboxylic acid groups (broad SMARTS) is 1. The van der Waals surface area contributed by atoms with Gasteiger partial charge in [-0.25, -0.2) is 0 Å². The summed E-state index contributed by atoms with van der Waals surface area (Å²) in [5.74, 6) is -0.600. The largest absolute Gasteiger partial charge is 0.480 e. The van der Waals surface area contributed by atoms with Gasteiger partial charge in [-0.05, 0) is 26.8 Å². The number of nitrogens with zero attached hydrogens (tertiary/aromatic N) is 1. The Labute approximate surface area is 84.8 Å². The molecule has 14 heavy (non-hydrogen) atoms. The van der Waals surface area contributed by atoms with Gasteiger partial charge in [0.1, 0.15) is 11.8 Å². The van der Waals surface area contributed by atoms with Gasteiger partial charge in [-0.3, -0.25) is 9.69 Å². The number of hydrogen-bond donors (Lipinski definition) is 1. The molecule has 1 N–H and O–H groups in total. The Hall–Kier alpha value is -0.610. The number of ether oxygens (including phenoxy) is 1. The van der Waals surface area contributed by atoms with Crippen molar-refractivity contribution in [3.05, 3.63) is 0 Å². The SMILES string of the molecule is CC(C)[C@@H]1OC(C)(C)N(C)[C@H]1C(=O)O. The third kappa shape index (κ3) is 1.77. The van der Waals surface area contributed by atoms with Gasteiger partial charge in [0.2, 0.25) is 0 Å². The zero-order valence-electron chi connectivity index (χ0n) is 9.44. The van der Waals surface area contributed by atoms with Crippen LogP contribution in [-0.2, 0) is 9.53 Å². The van der Waals surface area contributed by atoms with E-state index in [0.29, 0.717) is 0 Å². The van der Waals surface area contributed by atoms with E-state index in [0.717, 1.165) is 0 Å². The second-order valence-corrected chi connectivity index (χ2v) is 4.67. The van der Waals surface area contributed by atoms with Crippen molar-refractivity contribution in [2.24, 2.45) is 5.92 Å². The number of carbonyl (C=O) groups is 1. The molecule has 1 aliphatic heterocycles. The van der Waals surface area contributed by atoms with Gasteiger partial charge < -0.3 is 9.84 Å². The smallest absolute Gasteiger partial charge is 0.323 e. The van der Waals surface area contributed by atoms with Crippen LogP contribution in [0.15, 0.2) is 0 Å². The lowest BCUT2D eigenvalue weighted by Gasteiger charge is -2.27. The van der Waals surface area contributed by atoms with Gasteiger partial charge in [-0.2, -0.15) is 0 Å². The van der Waals surface area contributed by atoms with Gasteiger partial charge in [-0.15, -0.1) is 0 Å². The van der Waals surface area contributed by atoms with Crippen LogP contribution >= 0.6 is 0 Å². The zero-order valence-corrected chi connectivity index (χ0v) is 9.44. The number of carboxylic acids is 1. The van der Waals surface area contributed by atoms with Crippen LogP contribution in [0.3, 0.4) is 0 Å². The summed E-state index contributed by atoms with van der Waals surface area (Å²) in [4.78, 5) is 12.9. The summed E-state index contributed by atoms with van der Waals surface area (Å²) in [6.07, 6.45) is -0.229. The molecule has 0 saturated carbocycles. The average molecular weight is 201 g/mol. The molecule has 1 rings (SSSR count). The standard InChI is InChI=1S/C10H19NO3/c1-6(2)8-7(9(12)13)11(5)10(3,4)14-8/h6-8H,1-5H3,(H,12,13)/t7-,8+/m1/s1. The molecular formula is C10H19NO3. The number of rotatable bonds is 2. The number of aliphatic carboxylic acids is 1. The van der Waals surface area contributed by atoms with Gasteiger partial charge in [0.25, 0.3) is 0 Å². The first kappa shape index (κ1) is 11.5. The molecular weight excluding hydrogens is 182 g/mol. The highest BCUT2D eigenvalue weighted by atomic mass is 16.5. The molecule has 0 amide bonds. The Kier molecular flexibility index (Phi) is 2.88. The normalized spacial score (nSPS) is 32.4. The van der Waals surface area contributed by atoms with Gasteiger partial charge in [0.15, 0.2) is 0 Å². The second kappa shape index (κ2) is 3.51. The molecule has 0 unspecified atom stereocenters. The Morgan fingerprint density at radius 2 is 2.00 bits per heavy atom. The van der Waals surface area contributed by atoms with Crippen molar-refractivity contribution in [3.8, 4) is 0 Å². The first-order valence-electron chi connectivity index (χ1n) is 4.91. The molecule has 1 heterocycles. The van der Waals surface area contributed by atoms with Crippen molar-refractivity contribution in [2.45, 2.75) is 45.6 Å². The monoisotopic (exact) mass is 201 g/mol. The fourth-order valence-corrected chi connectivity index (χ4v) is 1.84. The summed E-state index contributed by atoms with van der Waals surface area (Å²) in [5, 5.41) is 9.11. The lowest BCUT2D eigenvalue weighted by atomic mass is 10.00. The molecule has 0 spiro atoms. The summed E-state index contributed by atoms with van der Waals surface area (Å²) in [6.45, 7) is 7.75. The molecule has 0 bridgehead atoms. The fraction of sp³-hybridized carbons (Fsp3) is 0.900. The molecule has 1 aliphatic rings. The maximum Gasteiger partial charge on any atom is 0.323 e. The predicted molar refractivity (Wildman–Crippen MR) is 53.0 cm³/mol. The highest BCUT2D eigenvalue weighted by Crippen LogP contribution is 2.33. The third-order valence-electron chi connectivity index (χ3n) is 2.91. The van der Waals surface area contributed by atoms with Crippen LogP contribution in [0.1, 0.15) is 27.7 Å². The topological polar surface area (TPSA) is 49.8 Å². The summed E-state index contributed by atoms with van der Waals surface area (Å²) < 4.78 is 5.74. The molecule has 0 aromatic heterocycles. The highest BCUT2D eigenvalue weighted by Gasteiger charge is 2.49.